The van der Waals surface area contributed by atoms with Gasteiger partial charge in [0.15, 0.2) is 12.4 Å². The highest BCUT2D eigenvalue weighted by molar-refractivity contribution is 9.12. The summed E-state index contributed by atoms with van der Waals surface area (Å²) < 4.78 is 5.30. The van der Waals surface area contributed by atoms with Gasteiger partial charge in [-0.2, -0.15) is 11.8 Å². The number of imide groups is 1. The summed E-state index contributed by atoms with van der Waals surface area (Å²) in [5.41, 5.74) is 0.446. The molecule has 0 N–H and O–H groups in total. The monoisotopic (exact) mass is 571 g/mol. The molecule has 1 aromatic rings. The third-order valence-corrected chi connectivity index (χ3v) is 10.5. The Morgan fingerprint density at radius 1 is 1.10 bits per heavy atom. The van der Waals surface area contributed by atoms with Gasteiger partial charge in [-0.05, 0) is 36.7 Å². The number of hydrogen-bond donors (Lipinski definition) is 0. The van der Waals surface area contributed by atoms with E-state index < -0.39 is 18.6 Å². The number of alkyl halides is 2. The lowest BCUT2D eigenvalue weighted by Crippen LogP contribution is -2.47. The lowest BCUT2D eigenvalue weighted by atomic mass is 9.81. The minimum absolute atomic E-state index is 0.0812. The molecular formula is C22H23Br2NO5S. The van der Waals surface area contributed by atoms with E-state index in [4.69, 9.17) is 4.74 Å². The van der Waals surface area contributed by atoms with Gasteiger partial charge in [0.1, 0.15) is 6.04 Å². The molecule has 9 heteroatoms. The van der Waals surface area contributed by atoms with Gasteiger partial charge in [0, 0.05) is 15.2 Å². The van der Waals surface area contributed by atoms with Crippen LogP contribution in [0.5, 0.6) is 0 Å². The highest BCUT2D eigenvalue weighted by Gasteiger charge is 2.67. The van der Waals surface area contributed by atoms with Crippen molar-refractivity contribution in [3.8, 4) is 0 Å². The number of carbonyl (C=O) groups is 4. The minimum Gasteiger partial charge on any atom is -0.456 e. The van der Waals surface area contributed by atoms with E-state index in [0.29, 0.717) is 17.7 Å². The van der Waals surface area contributed by atoms with E-state index in [1.54, 1.807) is 30.3 Å². The summed E-state index contributed by atoms with van der Waals surface area (Å²) in [7, 11) is 0. The Labute approximate surface area is 202 Å². The fraction of sp³-hybridized carbons (Fsp3) is 0.545. The number of rotatable bonds is 8. The molecule has 2 aliphatic carbocycles. The first kappa shape index (κ1) is 23.0. The number of ketones is 1. The number of likely N-dealkylation sites (tertiary alicyclic amines) is 1. The highest BCUT2D eigenvalue weighted by Crippen LogP contribution is 2.60. The van der Waals surface area contributed by atoms with E-state index in [0.717, 1.165) is 11.3 Å². The Hall–Kier alpha value is -1.19. The molecule has 1 saturated heterocycles. The summed E-state index contributed by atoms with van der Waals surface area (Å²) in [5, 5.41) is 0. The molecular weight excluding hydrogens is 550 g/mol. The fourth-order valence-corrected chi connectivity index (χ4v) is 7.53. The molecule has 0 unspecified atom stereocenters. The predicted molar refractivity (Wildman–Crippen MR) is 124 cm³/mol. The number of benzene rings is 1. The van der Waals surface area contributed by atoms with Gasteiger partial charge in [-0.3, -0.25) is 19.3 Å². The van der Waals surface area contributed by atoms with Gasteiger partial charge < -0.3 is 4.74 Å². The van der Waals surface area contributed by atoms with Gasteiger partial charge >= 0.3 is 5.97 Å². The Kier molecular flexibility index (Phi) is 6.93. The maximum Gasteiger partial charge on any atom is 0.329 e. The Bertz CT molecular complexity index is 865. The van der Waals surface area contributed by atoms with Crippen LogP contribution in [0.1, 0.15) is 23.2 Å². The van der Waals surface area contributed by atoms with Gasteiger partial charge in [0.2, 0.25) is 11.8 Å². The van der Waals surface area contributed by atoms with Crippen LogP contribution < -0.4 is 0 Å². The Balaban J connectivity index is 1.50. The van der Waals surface area contributed by atoms with Gasteiger partial charge in [0.25, 0.3) is 0 Å². The number of esters is 1. The standard InChI is InChI=1S/C22H23Br2NO5S/c1-31-8-7-14(22(29)30-10-15(26)11-5-3-2-4-6-11)25-20(27)16-12-9-13(17(16)21(25)28)19(24)18(12)23/h2-6,12-14,16-19H,7-10H2,1H3/t12-,13+,14-,16+,17-,18-,19-/m1/s1. The molecule has 7 atom stereocenters. The largest absolute Gasteiger partial charge is 0.456 e. The first-order chi connectivity index (χ1) is 14.9. The van der Waals surface area contributed by atoms with Crippen molar-refractivity contribution in [2.75, 3.05) is 18.6 Å². The second-order valence-corrected chi connectivity index (χ2v) is 11.3. The van der Waals surface area contributed by atoms with E-state index in [9.17, 15) is 19.2 Å². The first-order valence-corrected chi connectivity index (χ1v) is 13.5. The molecule has 1 aromatic carbocycles. The van der Waals surface area contributed by atoms with Gasteiger partial charge in [-0.1, -0.05) is 62.2 Å². The van der Waals surface area contributed by atoms with Crippen LogP contribution >= 0.6 is 43.6 Å². The lowest BCUT2D eigenvalue weighted by Gasteiger charge is -2.28. The molecule has 0 aromatic heterocycles. The number of ether oxygens (including phenoxy) is 1. The fourth-order valence-electron chi connectivity index (χ4n) is 5.20. The van der Waals surface area contributed by atoms with Crippen molar-refractivity contribution in [2.45, 2.75) is 28.5 Å². The number of fused-ring (bicyclic) bond motifs is 5. The Morgan fingerprint density at radius 2 is 1.68 bits per heavy atom. The minimum atomic E-state index is -0.997. The molecule has 31 heavy (non-hydrogen) atoms. The summed E-state index contributed by atoms with van der Waals surface area (Å²) in [6.07, 6.45) is 3.04. The molecule has 6 nitrogen and oxygen atoms in total. The van der Waals surface area contributed by atoms with Crippen LogP contribution in [0.4, 0.5) is 0 Å². The molecule has 166 valence electrons. The third-order valence-electron chi connectivity index (χ3n) is 6.64. The van der Waals surface area contributed by atoms with Crippen LogP contribution in [-0.4, -0.2) is 62.8 Å². The number of carbonyl (C=O) groups excluding carboxylic acids is 4. The predicted octanol–water partition coefficient (Wildman–Crippen LogP) is 3.31. The maximum absolute atomic E-state index is 13.3. The number of Topliss-reactive ketones (excluding diaryl/α,β-unsaturated/α-hetero) is 1. The van der Waals surface area contributed by atoms with Crippen molar-refractivity contribution in [1.29, 1.82) is 0 Å². The van der Waals surface area contributed by atoms with E-state index in [1.165, 1.54) is 11.8 Å². The van der Waals surface area contributed by atoms with Crippen LogP contribution in [0.15, 0.2) is 30.3 Å². The van der Waals surface area contributed by atoms with E-state index in [-0.39, 0.29) is 50.9 Å². The number of nitrogens with zero attached hydrogens (tertiary/aromatic N) is 1. The molecule has 4 rings (SSSR count). The Morgan fingerprint density at radius 3 is 2.23 bits per heavy atom. The normalized spacial score (nSPS) is 32.3. The van der Waals surface area contributed by atoms with Crippen molar-refractivity contribution in [1.82, 2.24) is 4.90 Å². The summed E-state index contributed by atoms with van der Waals surface area (Å²) in [4.78, 5) is 53.3. The molecule has 2 bridgehead atoms. The lowest BCUT2D eigenvalue weighted by molar-refractivity contribution is -0.158. The molecule has 2 amide bonds. The summed E-state index contributed by atoms with van der Waals surface area (Å²) in [6.45, 7) is -0.417. The van der Waals surface area contributed by atoms with Crippen molar-refractivity contribution in [2.24, 2.45) is 23.7 Å². The zero-order chi connectivity index (χ0) is 22.3. The molecule has 2 saturated carbocycles. The molecule has 0 radical (unpaired) electrons. The zero-order valence-corrected chi connectivity index (χ0v) is 20.9. The van der Waals surface area contributed by atoms with E-state index in [1.807, 2.05) is 6.26 Å². The quantitative estimate of drug-likeness (QED) is 0.206. The summed E-state index contributed by atoms with van der Waals surface area (Å²) in [6, 6.07) is 7.57. The molecule has 1 aliphatic heterocycles. The zero-order valence-electron chi connectivity index (χ0n) is 16.9. The first-order valence-electron chi connectivity index (χ1n) is 10.3. The van der Waals surface area contributed by atoms with E-state index >= 15 is 0 Å². The maximum atomic E-state index is 13.3. The third kappa shape index (κ3) is 4.02. The molecule has 3 aliphatic rings. The van der Waals surface area contributed by atoms with Crippen LogP contribution in [-0.2, 0) is 19.1 Å². The number of halogens is 2. The van der Waals surface area contributed by atoms with Crippen molar-refractivity contribution >= 4 is 67.2 Å². The second-order valence-electron chi connectivity index (χ2n) is 8.24. The van der Waals surface area contributed by atoms with Crippen molar-refractivity contribution in [3.63, 3.8) is 0 Å². The van der Waals surface area contributed by atoms with Crippen molar-refractivity contribution in [3.05, 3.63) is 35.9 Å². The van der Waals surface area contributed by atoms with Crippen LogP contribution in [0.2, 0.25) is 0 Å². The highest BCUT2D eigenvalue weighted by atomic mass is 79.9. The number of thioether (sulfide) groups is 1. The number of amides is 2. The summed E-state index contributed by atoms with van der Waals surface area (Å²) in [5.74, 6) is -1.58. The number of hydrogen-bond acceptors (Lipinski definition) is 6. The average Bonchev–Trinajstić information content (AvgIpc) is 3.38. The topological polar surface area (TPSA) is 80.8 Å². The van der Waals surface area contributed by atoms with Crippen LogP contribution in [0, 0.1) is 23.7 Å². The SMILES string of the molecule is CSCC[C@H](C(=O)OCC(=O)c1ccccc1)N1C(=O)[C@@H]2[C@@H]3C[C@@H]([C@@H](Br)[C@@H]3Br)[C@@H]2C1=O. The van der Waals surface area contributed by atoms with Crippen LogP contribution in [0.3, 0.4) is 0 Å². The van der Waals surface area contributed by atoms with Gasteiger partial charge in [-0.15, -0.1) is 0 Å². The smallest absolute Gasteiger partial charge is 0.329 e. The average molecular weight is 573 g/mol. The summed E-state index contributed by atoms with van der Waals surface area (Å²) >= 11 is 8.87. The van der Waals surface area contributed by atoms with E-state index in [2.05, 4.69) is 31.9 Å². The molecule has 0 spiro atoms. The van der Waals surface area contributed by atoms with Gasteiger partial charge in [0.05, 0.1) is 11.8 Å². The molecule has 3 fully saturated rings. The van der Waals surface area contributed by atoms with Gasteiger partial charge in [-0.25, -0.2) is 4.79 Å². The second kappa shape index (κ2) is 9.35. The van der Waals surface area contributed by atoms with Crippen molar-refractivity contribution < 1.29 is 23.9 Å². The van der Waals surface area contributed by atoms with Crippen LogP contribution in [0.25, 0.3) is 0 Å². The molecule has 1 heterocycles.